The van der Waals surface area contributed by atoms with Crippen LogP contribution in [0.1, 0.15) is 37.7 Å². The number of rotatable bonds is 8. The third-order valence-electron chi connectivity index (χ3n) is 6.72. The van der Waals surface area contributed by atoms with E-state index in [9.17, 15) is 31.2 Å². The van der Waals surface area contributed by atoms with Crippen LogP contribution in [0.5, 0.6) is 0 Å². The molecule has 1 fully saturated rings. The van der Waals surface area contributed by atoms with Crippen molar-refractivity contribution in [1.82, 2.24) is 13.8 Å². The van der Waals surface area contributed by atoms with Crippen molar-refractivity contribution >= 4 is 33.3 Å². The minimum atomic E-state index is -4.60. The molecule has 0 saturated carbocycles. The van der Waals surface area contributed by atoms with Gasteiger partial charge in [-0.15, -0.1) is 0 Å². The van der Waals surface area contributed by atoms with Gasteiger partial charge in [-0.1, -0.05) is 29.8 Å². The molecule has 1 aromatic heterocycles. The Kier molecular flexibility index (Phi) is 8.22. The lowest BCUT2D eigenvalue weighted by molar-refractivity contribution is -0.138. The van der Waals surface area contributed by atoms with E-state index < -0.39 is 33.5 Å². The zero-order chi connectivity index (χ0) is 28.5. The van der Waals surface area contributed by atoms with Gasteiger partial charge in [0.25, 0.3) is 5.91 Å². The molecule has 2 N–H and O–H groups in total. The highest BCUT2D eigenvalue weighted by molar-refractivity contribution is 7.89. The average molecular weight is 583 g/mol. The van der Waals surface area contributed by atoms with Crippen molar-refractivity contribution < 1.29 is 31.2 Å². The van der Waals surface area contributed by atoms with Crippen LogP contribution >= 0.6 is 11.6 Å². The fourth-order valence-corrected chi connectivity index (χ4v) is 6.15. The molecule has 3 aromatic rings. The molecule has 39 heavy (non-hydrogen) atoms. The van der Waals surface area contributed by atoms with Crippen LogP contribution in [0.2, 0.25) is 5.02 Å². The van der Waals surface area contributed by atoms with Crippen molar-refractivity contribution in [2.24, 2.45) is 5.73 Å². The average Bonchev–Trinajstić information content (AvgIpc) is 3.20. The third kappa shape index (κ3) is 6.19. The van der Waals surface area contributed by atoms with Gasteiger partial charge in [0.2, 0.25) is 10.0 Å². The molecule has 13 heteroatoms. The van der Waals surface area contributed by atoms with Crippen LogP contribution in [0.4, 0.5) is 13.2 Å². The van der Waals surface area contributed by atoms with E-state index in [-0.39, 0.29) is 66.7 Å². The first-order chi connectivity index (χ1) is 18.3. The Balaban J connectivity index is 1.52. The van der Waals surface area contributed by atoms with Gasteiger partial charge in [-0.25, -0.2) is 8.42 Å². The van der Waals surface area contributed by atoms with Crippen LogP contribution < -0.4 is 5.73 Å². The molecule has 1 aliphatic heterocycles. The van der Waals surface area contributed by atoms with Crippen molar-refractivity contribution in [3.63, 3.8) is 0 Å². The highest BCUT2D eigenvalue weighted by Gasteiger charge is 2.34. The summed E-state index contributed by atoms with van der Waals surface area (Å²) in [7, 11) is -3.74. The molecule has 0 bridgehead atoms. The summed E-state index contributed by atoms with van der Waals surface area (Å²) < 4.78 is 69.3. The molecule has 0 atom stereocenters. The van der Waals surface area contributed by atoms with Crippen molar-refractivity contribution in [1.29, 1.82) is 0 Å². The minimum absolute atomic E-state index is 0.0433. The summed E-state index contributed by atoms with van der Waals surface area (Å²) in [5, 5.41) is 0.415. The monoisotopic (exact) mass is 582 g/mol. The summed E-state index contributed by atoms with van der Waals surface area (Å²) in [4.78, 5) is 27.2. The maximum absolute atomic E-state index is 13.6. The number of hydrogen-bond acceptors (Lipinski definition) is 5. The molecular formula is C26H26ClF3N4O4S. The van der Waals surface area contributed by atoms with E-state index in [1.807, 2.05) is 0 Å². The second kappa shape index (κ2) is 11.1. The lowest BCUT2D eigenvalue weighted by Gasteiger charge is -2.33. The number of alkyl halides is 3. The predicted octanol–water partition coefficient (Wildman–Crippen LogP) is 3.81. The fourth-order valence-electron chi connectivity index (χ4n) is 4.60. The van der Waals surface area contributed by atoms with E-state index >= 15 is 0 Å². The normalized spacial score (nSPS) is 15.4. The van der Waals surface area contributed by atoms with Crippen LogP contribution in [0, 0.1) is 6.92 Å². The third-order valence-corrected chi connectivity index (χ3v) is 8.88. The Morgan fingerprint density at radius 1 is 1.00 bits per heavy atom. The van der Waals surface area contributed by atoms with E-state index in [0.717, 1.165) is 6.07 Å². The van der Waals surface area contributed by atoms with Crippen molar-refractivity contribution in [2.75, 3.05) is 32.7 Å². The van der Waals surface area contributed by atoms with E-state index in [1.165, 1.54) is 64.3 Å². The second-order valence-electron chi connectivity index (χ2n) is 9.19. The van der Waals surface area contributed by atoms with E-state index in [0.29, 0.717) is 5.02 Å². The molecule has 0 radical (unpaired) electrons. The number of amides is 1. The van der Waals surface area contributed by atoms with Crippen LogP contribution in [-0.4, -0.2) is 66.6 Å². The largest absolute Gasteiger partial charge is 0.416 e. The molecule has 8 nitrogen and oxygen atoms in total. The van der Waals surface area contributed by atoms with Crippen molar-refractivity contribution in [3.05, 3.63) is 87.7 Å². The summed E-state index contributed by atoms with van der Waals surface area (Å²) >= 11 is 5.85. The Morgan fingerprint density at radius 2 is 1.62 bits per heavy atom. The summed E-state index contributed by atoms with van der Waals surface area (Å²) in [6.07, 6.45) is -4.60. The standard InChI is InChI=1S/C26H26ClF3N4O4S/c1-17-21(25(31)36)14-23(34(17)15-18-4-2-3-5-22(18)26(28,29)30)24(35)16-32-10-12-33(13-11-32)39(37,38)20-8-6-19(27)7-9-20/h2-9,14H,10-13,15-16H2,1H3,(H2,31,36). The minimum Gasteiger partial charge on any atom is -0.366 e. The summed E-state index contributed by atoms with van der Waals surface area (Å²) in [6.45, 7) is 1.93. The number of primary amides is 1. The number of Topliss-reactive ketones (excluding diaryl/α,β-unsaturated/α-hetero) is 1. The Hall–Kier alpha value is -3.19. The van der Waals surface area contributed by atoms with Gasteiger partial charge in [-0.05, 0) is 48.9 Å². The maximum Gasteiger partial charge on any atom is 0.416 e. The lowest BCUT2D eigenvalue weighted by Crippen LogP contribution is -2.49. The molecule has 1 saturated heterocycles. The predicted molar refractivity (Wildman–Crippen MR) is 139 cm³/mol. The maximum atomic E-state index is 13.6. The molecule has 1 amide bonds. The Morgan fingerprint density at radius 3 is 2.21 bits per heavy atom. The topological polar surface area (TPSA) is 106 Å². The number of carbonyl (C=O) groups excluding carboxylic acids is 2. The summed E-state index contributed by atoms with van der Waals surface area (Å²) in [5.74, 6) is -1.23. The summed E-state index contributed by atoms with van der Waals surface area (Å²) in [5.41, 5.74) is 4.94. The van der Waals surface area contributed by atoms with Gasteiger partial charge < -0.3 is 10.3 Å². The first-order valence-corrected chi connectivity index (χ1v) is 13.8. The number of ketones is 1. The van der Waals surface area contributed by atoms with Crippen LogP contribution in [0.25, 0.3) is 0 Å². The van der Waals surface area contributed by atoms with Crippen molar-refractivity contribution in [2.45, 2.75) is 24.5 Å². The molecule has 0 spiro atoms. The number of piperazine rings is 1. The quantitative estimate of drug-likeness (QED) is 0.407. The number of nitrogens with two attached hydrogens (primary N) is 1. The molecule has 2 heterocycles. The number of benzene rings is 2. The first-order valence-electron chi connectivity index (χ1n) is 12.0. The van der Waals surface area contributed by atoms with E-state index in [4.69, 9.17) is 17.3 Å². The molecule has 0 aliphatic carbocycles. The number of nitrogens with zero attached hydrogens (tertiary/aromatic N) is 3. The number of hydrogen-bond donors (Lipinski definition) is 1. The van der Waals surface area contributed by atoms with Gasteiger partial charge in [-0.3, -0.25) is 14.5 Å². The van der Waals surface area contributed by atoms with Gasteiger partial charge in [0, 0.05) is 43.4 Å². The van der Waals surface area contributed by atoms with Crippen LogP contribution in [0.15, 0.2) is 59.5 Å². The lowest BCUT2D eigenvalue weighted by atomic mass is 10.1. The number of carbonyl (C=O) groups is 2. The van der Waals surface area contributed by atoms with Gasteiger partial charge in [0.1, 0.15) is 0 Å². The van der Waals surface area contributed by atoms with Crippen LogP contribution in [-0.2, 0) is 22.7 Å². The fraction of sp³-hybridized carbons (Fsp3) is 0.308. The zero-order valence-corrected chi connectivity index (χ0v) is 22.5. The van der Waals surface area contributed by atoms with Gasteiger partial charge in [0.15, 0.2) is 5.78 Å². The number of aromatic nitrogens is 1. The smallest absolute Gasteiger partial charge is 0.366 e. The van der Waals surface area contributed by atoms with E-state index in [2.05, 4.69) is 0 Å². The number of sulfonamides is 1. The molecule has 1 aliphatic rings. The van der Waals surface area contributed by atoms with Gasteiger partial charge >= 0.3 is 6.18 Å². The Labute approximate surface area is 228 Å². The van der Waals surface area contributed by atoms with Gasteiger partial charge in [0.05, 0.1) is 28.3 Å². The highest BCUT2D eigenvalue weighted by Crippen LogP contribution is 2.33. The second-order valence-corrected chi connectivity index (χ2v) is 11.6. The molecular weight excluding hydrogens is 557 g/mol. The number of halogens is 4. The summed E-state index contributed by atoms with van der Waals surface area (Å²) in [6, 6.07) is 12.2. The van der Waals surface area contributed by atoms with Crippen molar-refractivity contribution in [3.8, 4) is 0 Å². The molecule has 208 valence electrons. The van der Waals surface area contributed by atoms with E-state index in [1.54, 1.807) is 4.90 Å². The molecule has 2 aromatic carbocycles. The van der Waals surface area contributed by atoms with Crippen LogP contribution in [0.3, 0.4) is 0 Å². The first kappa shape index (κ1) is 28.8. The molecule has 4 rings (SSSR count). The zero-order valence-electron chi connectivity index (χ0n) is 20.9. The highest BCUT2D eigenvalue weighted by atomic mass is 35.5. The SMILES string of the molecule is Cc1c(C(N)=O)cc(C(=O)CN2CCN(S(=O)(=O)c3ccc(Cl)cc3)CC2)n1Cc1ccccc1C(F)(F)F. The molecule has 0 unspecified atom stereocenters. The van der Waals surface area contributed by atoms with Gasteiger partial charge in [-0.2, -0.15) is 17.5 Å². The Bertz CT molecular complexity index is 1500.